The van der Waals surface area contributed by atoms with Crippen LogP contribution in [0.5, 0.6) is 0 Å². The van der Waals surface area contributed by atoms with Gasteiger partial charge in [-0.25, -0.2) is 8.42 Å². The number of halogens is 3. The molecule has 0 amide bonds. The van der Waals surface area contributed by atoms with Gasteiger partial charge in [0.1, 0.15) is 5.71 Å². The van der Waals surface area contributed by atoms with Crippen LogP contribution in [0.2, 0.25) is 0 Å². The average Bonchev–Trinajstić information content (AvgIpc) is 2.51. The van der Waals surface area contributed by atoms with Crippen molar-refractivity contribution in [3.8, 4) is 0 Å². The largest absolute Gasteiger partial charge is 0.429 e. The molecule has 10 heteroatoms. The summed E-state index contributed by atoms with van der Waals surface area (Å²) in [6.07, 6.45) is -2.89. The first-order valence-electron chi connectivity index (χ1n) is 9.69. The van der Waals surface area contributed by atoms with Crippen LogP contribution >= 0.6 is 0 Å². The number of hydrogen-bond donors (Lipinski definition) is 0. The van der Waals surface area contributed by atoms with Crippen molar-refractivity contribution < 1.29 is 26.3 Å². The van der Waals surface area contributed by atoms with E-state index in [1.807, 2.05) is 0 Å². The molecule has 3 saturated heterocycles. The summed E-state index contributed by atoms with van der Waals surface area (Å²) >= 11 is 0. The van der Waals surface area contributed by atoms with Crippen molar-refractivity contribution in [3.05, 3.63) is 10.6 Å². The lowest BCUT2D eigenvalue weighted by Gasteiger charge is -2.61. The van der Waals surface area contributed by atoms with Gasteiger partial charge in [0.15, 0.2) is 0 Å². The Morgan fingerprint density at radius 2 is 1.75 bits per heavy atom. The van der Waals surface area contributed by atoms with Gasteiger partial charge in [-0.1, -0.05) is 6.92 Å². The predicted octanol–water partition coefficient (Wildman–Crippen LogP) is 2.39. The maximum Gasteiger partial charge on any atom is 0.429 e. The van der Waals surface area contributed by atoms with Crippen LogP contribution in [0.4, 0.5) is 13.2 Å². The van der Waals surface area contributed by atoms with Crippen LogP contribution in [0.1, 0.15) is 33.1 Å². The highest BCUT2D eigenvalue weighted by Crippen LogP contribution is 2.46. The van der Waals surface area contributed by atoms with Gasteiger partial charge in [-0.3, -0.25) is 9.89 Å². The van der Waals surface area contributed by atoms with Gasteiger partial charge in [-0.05, 0) is 19.8 Å². The molecule has 158 valence electrons. The lowest BCUT2D eigenvalue weighted by atomic mass is 9.73. The molecular formula is C18H26F3N3O3S. The molecule has 4 heterocycles. The Labute approximate surface area is 163 Å². The zero-order valence-corrected chi connectivity index (χ0v) is 16.9. The number of nitrogens with zero attached hydrogens (tertiary/aromatic N) is 3. The van der Waals surface area contributed by atoms with Gasteiger partial charge in [0.25, 0.3) is 0 Å². The van der Waals surface area contributed by atoms with Gasteiger partial charge >= 0.3 is 6.18 Å². The predicted molar refractivity (Wildman–Crippen MR) is 98.3 cm³/mol. The number of likely N-dealkylation sites (tertiary alicyclic amines) is 1. The number of rotatable bonds is 3. The molecule has 0 aliphatic carbocycles. The molecular weight excluding hydrogens is 395 g/mol. The van der Waals surface area contributed by atoms with E-state index < -0.39 is 34.3 Å². The minimum absolute atomic E-state index is 0.00184. The Morgan fingerprint density at radius 1 is 1.14 bits per heavy atom. The van der Waals surface area contributed by atoms with E-state index in [2.05, 4.69) is 9.89 Å². The maximum absolute atomic E-state index is 13.0. The third-order valence-corrected chi connectivity index (χ3v) is 8.55. The summed E-state index contributed by atoms with van der Waals surface area (Å²) < 4.78 is 71.8. The zero-order valence-electron chi connectivity index (χ0n) is 16.1. The molecule has 4 rings (SSSR count). The second-order valence-corrected chi connectivity index (χ2v) is 10.5. The fourth-order valence-corrected chi connectivity index (χ4v) is 7.17. The smallest absolute Gasteiger partial charge is 0.381 e. The van der Waals surface area contributed by atoms with Crippen LogP contribution in [0.3, 0.4) is 0 Å². The second kappa shape index (κ2) is 6.78. The Morgan fingerprint density at radius 3 is 2.29 bits per heavy atom. The highest BCUT2D eigenvalue weighted by Gasteiger charge is 2.57. The van der Waals surface area contributed by atoms with E-state index in [1.165, 1.54) is 18.2 Å². The SMILES string of the molecule is CC1=C(S(=O)(=O)N2CC3(CN(C4CCOCC4)C3)C2)C(C)CC(C(F)(F)F)=N1. The highest BCUT2D eigenvalue weighted by atomic mass is 32.2. The first-order chi connectivity index (χ1) is 13.0. The van der Waals surface area contributed by atoms with Crippen LogP contribution in [-0.4, -0.2) is 74.9 Å². The molecule has 1 spiro atoms. The first-order valence-corrected chi connectivity index (χ1v) is 11.1. The first kappa shape index (κ1) is 20.3. The maximum atomic E-state index is 13.0. The molecule has 28 heavy (non-hydrogen) atoms. The quantitative estimate of drug-likeness (QED) is 0.702. The molecule has 0 saturated carbocycles. The van der Waals surface area contributed by atoms with Crippen molar-refractivity contribution in [3.63, 3.8) is 0 Å². The third-order valence-electron chi connectivity index (χ3n) is 6.36. The van der Waals surface area contributed by atoms with Gasteiger partial charge in [0.2, 0.25) is 10.0 Å². The summed E-state index contributed by atoms with van der Waals surface area (Å²) in [5.74, 6) is -0.726. The van der Waals surface area contributed by atoms with E-state index in [4.69, 9.17) is 4.74 Å². The molecule has 4 aliphatic heterocycles. The Hall–Kier alpha value is -0.970. The number of hydrogen-bond acceptors (Lipinski definition) is 5. The Kier molecular flexibility index (Phi) is 4.92. The summed E-state index contributed by atoms with van der Waals surface area (Å²) in [7, 11) is -3.78. The second-order valence-electron chi connectivity index (χ2n) is 8.63. The van der Waals surface area contributed by atoms with Crippen LogP contribution in [0.15, 0.2) is 15.6 Å². The molecule has 6 nitrogen and oxygen atoms in total. The molecule has 1 unspecified atom stereocenters. The van der Waals surface area contributed by atoms with Gasteiger partial charge in [0.05, 0.1) is 10.6 Å². The lowest BCUT2D eigenvalue weighted by Crippen LogP contribution is -2.74. The molecule has 0 bridgehead atoms. The van der Waals surface area contributed by atoms with Crippen molar-refractivity contribution in [2.75, 3.05) is 39.4 Å². The van der Waals surface area contributed by atoms with E-state index in [0.29, 0.717) is 19.1 Å². The van der Waals surface area contributed by atoms with Crippen LogP contribution < -0.4 is 0 Å². The molecule has 1 atom stereocenters. The molecule has 4 aliphatic rings. The minimum atomic E-state index is -4.52. The van der Waals surface area contributed by atoms with Gasteiger partial charge in [-0.15, -0.1) is 0 Å². The third kappa shape index (κ3) is 3.42. The number of aliphatic imine (C=N–C) groups is 1. The summed E-state index contributed by atoms with van der Waals surface area (Å²) in [5.41, 5.74) is -0.940. The molecule has 0 N–H and O–H groups in total. The number of sulfonamides is 1. The summed E-state index contributed by atoms with van der Waals surface area (Å²) in [6.45, 7) is 7.09. The summed E-state index contributed by atoms with van der Waals surface area (Å²) in [5, 5.41) is 0. The van der Waals surface area contributed by atoms with Crippen molar-refractivity contribution in [2.24, 2.45) is 16.3 Å². The van der Waals surface area contributed by atoms with Crippen molar-refractivity contribution in [2.45, 2.75) is 45.3 Å². The van der Waals surface area contributed by atoms with Crippen molar-refractivity contribution >= 4 is 15.7 Å². The standard InChI is InChI=1S/C18H26F3N3O3S/c1-12-7-15(18(19,20)21)22-13(2)16(12)28(25,26)24-10-17(11-24)8-23(9-17)14-3-5-27-6-4-14/h12,14H,3-11H2,1-2H3. The molecule has 3 fully saturated rings. The van der Waals surface area contributed by atoms with Gasteiger partial charge < -0.3 is 4.74 Å². The summed E-state index contributed by atoms with van der Waals surface area (Å²) in [6, 6.07) is 0.517. The van der Waals surface area contributed by atoms with E-state index >= 15 is 0 Å². The zero-order chi connectivity index (χ0) is 20.3. The van der Waals surface area contributed by atoms with E-state index in [1.54, 1.807) is 0 Å². The lowest BCUT2D eigenvalue weighted by molar-refractivity contribution is -0.116. The summed E-state index contributed by atoms with van der Waals surface area (Å²) in [4.78, 5) is 6.02. The fraction of sp³-hybridized carbons (Fsp3) is 0.833. The highest BCUT2D eigenvalue weighted by molar-refractivity contribution is 7.93. The van der Waals surface area contributed by atoms with E-state index in [0.717, 1.165) is 39.1 Å². The number of allylic oxidation sites excluding steroid dienone is 2. The molecule has 0 aromatic rings. The van der Waals surface area contributed by atoms with Gasteiger partial charge in [0, 0.05) is 63.2 Å². The monoisotopic (exact) mass is 421 g/mol. The molecule has 0 aromatic carbocycles. The minimum Gasteiger partial charge on any atom is -0.381 e. The number of alkyl halides is 3. The van der Waals surface area contributed by atoms with Crippen molar-refractivity contribution in [1.82, 2.24) is 9.21 Å². The van der Waals surface area contributed by atoms with E-state index in [9.17, 15) is 21.6 Å². The number of ether oxygens (including phenoxy) is 1. The Bertz CT molecular complexity index is 802. The Balaban J connectivity index is 1.43. The fourth-order valence-electron chi connectivity index (χ4n) is 5.00. The van der Waals surface area contributed by atoms with Crippen molar-refractivity contribution in [1.29, 1.82) is 0 Å². The van der Waals surface area contributed by atoms with Crippen LogP contribution in [-0.2, 0) is 14.8 Å². The van der Waals surface area contributed by atoms with E-state index in [-0.39, 0.29) is 16.0 Å². The van der Waals surface area contributed by atoms with Gasteiger partial charge in [-0.2, -0.15) is 17.5 Å². The average molecular weight is 421 g/mol. The van der Waals surface area contributed by atoms with Crippen LogP contribution in [0, 0.1) is 11.3 Å². The topological polar surface area (TPSA) is 62.2 Å². The molecule has 0 radical (unpaired) electrons. The molecule has 0 aromatic heterocycles. The van der Waals surface area contributed by atoms with Crippen LogP contribution in [0.25, 0.3) is 0 Å². The normalized spacial score (nSPS) is 30.2.